The fourth-order valence-electron chi connectivity index (χ4n) is 4.61. The zero-order valence-corrected chi connectivity index (χ0v) is 16.0. The molecule has 4 rings (SSSR count). The van der Waals surface area contributed by atoms with E-state index < -0.39 is 37.8 Å². The van der Waals surface area contributed by atoms with Gasteiger partial charge in [0, 0.05) is 11.8 Å². The number of allylic oxidation sites excluding steroid dienone is 4. The summed E-state index contributed by atoms with van der Waals surface area (Å²) in [5.74, 6) is -3.12. The van der Waals surface area contributed by atoms with Gasteiger partial charge in [-0.2, -0.15) is 0 Å². The lowest BCUT2D eigenvalue weighted by Gasteiger charge is -2.44. The summed E-state index contributed by atoms with van der Waals surface area (Å²) < 4.78 is -1.85. The Labute approximate surface area is 163 Å². The Morgan fingerprint density at radius 2 is 1.13 bits per heavy atom. The van der Waals surface area contributed by atoms with E-state index in [4.69, 9.17) is 69.6 Å². The molecule has 0 aromatic rings. The molecule has 6 unspecified atom stereocenters. The lowest BCUT2D eigenvalue weighted by molar-refractivity contribution is -0.147. The SMILES string of the molecule is O=C1C2CC=CCC2C(=O)C2C1C1(Cl)C(Cl)=C(Cl)C2(Cl)C1(Cl)Cl. The Bertz CT molecular complexity index is 657. The highest BCUT2D eigenvalue weighted by molar-refractivity contribution is 6.66. The number of rotatable bonds is 0. The first kappa shape index (κ1) is 17.0. The van der Waals surface area contributed by atoms with Gasteiger partial charge in [-0.25, -0.2) is 0 Å². The van der Waals surface area contributed by atoms with E-state index in [9.17, 15) is 9.59 Å². The van der Waals surface area contributed by atoms with E-state index in [-0.39, 0.29) is 21.6 Å². The summed E-state index contributed by atoms with van der Waals surface area (Å²) in [7, 11) is 0. The van der Waals surface area contributed by atoms with Crippen LogP contribution in [0, 0.1) is 23.7 Å². The molecule has 23 heavy (non-hydrogen) atoms. The highest BCUT2D eigenvalue weighted by Gasteiger charge is 2.86. The topological polar surface area (TPSA) is 34.1 Å². The van der Waals surface area contributed by atoms with E-state index in [1.165, 1.54) is 0 Å². The minimum absolute atomic E-state index is 0.0342. The van der Waals surface area contributed by atoms with Crippen molar-refractivity contribution in [2.75, 3.05) is 0 Å². The van der Waals surface area contributed by atoms with Crippen LogP contribution < -0.4 is 0 Å². The average molecular weight is 435 g/mol. The quantitative estimate of drug-likeness (QED) is 0.405. The first-order valence-electron chi connectivity index (χ1n) is 7.16. The number of hydrogen-bond donors (Lipinski definition) is 0. The molecule has 0 heterocycles. The Morgan fingerprint density at radius 1 is 0.783 bits per heavy atom. The number of hydrogen-bond acceptors (Lipinski definition) is 2. The van der Waals surface area contributed by atoms with Crippen molar-refractivity contribution in [3.63, 3.8) is 0 Å². The second kappa shape index (κ2) is 4.84. The second-order valence-corrected chi connectivity index (χ2v) is 9.82. The number of Topliss-reactive ketones (excluding diaryl/α,β-unsaturated/α-hetero) is 2. The van der Waals surface area contributed by atoms with Gasteiger partial charge in [0.05, 0.1) is 21.9 Å². The van der Waals surface area contributed by atoms with Gasteiger partial charge in [-0.3, -0.25) is 9.59 Å². The first-order valence-corrected chi connectivity index (χ1v) is 9.42. The van der Waals surface area contributed by atoms with Crippen LogP contribution in [-0.2, 0) is 9.59 Å². The molecule has 0 N–H and O–H groups in total. The molecule has 0 saturated heterocycles. The summed E-state index contributed by atoms with van der Waals surface area (Å²) in [6.45, 7) is 0. The molecule has 0 radical (unpaired) electrons. The van der Waals surface area contributed by atoms with Gasteiger partial charge in [0.15, 0.2) is 4.33 Å². The zero-order chi connectivity index (χ0) is 16.9. The molecular weight excluding hydrogens is 425 g/mol. The van der Waals surface area contributed by atoms with Gasteiger partial charge in [0.25, 0.3) is 0 Å². The predicted octanol–water partition coefficient (Wildman–Crippen LogP) is 4.80. The maximum Gasteiger partial charge on any atom is 0.167 e. The molecule has 2 saturated carbocycles. The smallest absolute Gasteiger partial charge is 0.167 e. The summed E-state index contributed by atoms with van der Waals surface area (Å²) in [5, 5.41) is -0.0685. The minimum Gasteiger partial charge on any atom is -0.299 e. The van der Waals surface area contributed by atoms with Gasteiger partial charge in [-0.1, -0.05) is 58.6 Å². The van der Waals surface area contributed by atoms with Crippen LogP contribution in [-0.4, -0.2) is 25.6 Å². The molecule has 2 fully saturated rings. The summed E-state index contributed by atoms with van der Waals surface area (Å²) in [6, 6.07) is 0. The number of ketones is 2. The molecule has 0 amide bonds. The molecular formula is C15H10Cl6O2. The second-order valence-electron chi connectivity index (χ2n) is 6.54. The van der Waals surface area contributed by atoms with E-state index >= 15 is 0 Å². The van der Waals surface area contributed by atoms with Crippen LogP contribution in [0.1, 0.15) is 12.8 Å². The summed E-state index contributed by atoms with van der Waals surface area (Å²) in [6.07, 6.45) is 4.79. The van der Waals surface area contributed by atoms with Crippen molar-refractivity contribution >= 4 is 81.2 Å². The van der Waals surface area contributed by atoms with E-state index in [1.54, 1.807) is 0 Å². The average Bonchev–Trinajstić information content (AvgIpc) is 2.73. The molecule has 2 bridgehead atoms. The van der Waals surface area contributed by atoms with Crippen LogP contribution in [0.25, 0.3) is 0 Å². The molecule has 6 atom stereocenters. The number of carbonyl (C=O) groups excluding carboxylic acids is 2. The van der Waals surface area contributed by atoms with Crippen molar-refractivity contribution in [1.29, 1.82) is 0 Å². The predicted molar refractivity (Wildman–Crippen MR) is 92.7 cm³/mol. The third kappa shape index (κ3) is 1.59. The Hall–Kier alpha value is 0.560. The third-order valence-corrected chi connectivity index (χ3v) is 9.97. The highest BCUT2D eigenvalue weighted by Crippen LogP contribution is 2.77. The van der Waals surface area contributed by atoms with Crippen LogP contribution >= 0.6 is 69.6 Å². The van der Waals surface area contributed by atoms with Gasteiger partial charge in [-0.15, -0.1) is 23.2 Å². The fourth-order valence-corrected chi connectivity index (χ4v) is 7.57. The molecule has 124 valence electrons. The molecule has 4 aliphatic carbocycles. The van der Waals surface area contributed by atoms with Crippen LogP contribution in [0.2, 0.25) is 0 Å². The highest BCUT2D eigenvalue weighted by atomic mass is 35.5. The van der Waals surface area contributed by atoms with Gasteiger partial charge in [-0.05, 0) is 12.8 Å². The van der Waals surface area contributed by atoms with Crippen LogP contribution in [0.4, 0.5) is 0 Å². The maximum atomic E-state index is 13.1. The summed E-state index contributed by atoms with van der Waals surface area (Å²) in [4.78, 5) is 22.8. The molecule has 0 spiro atoms. The monoisotopic (exact) mass is 432 g/mol. The van der Waals surface area contributed by atoms with E-state index in [0.717, 1.165) is 0 Å². The van der Waals surface area contributed by atoms with Crippen LogP contribution in [0.5, 0.6) is 0 Å². The zero-order valence-electron chi connectivity index (χ0n) is 11.5. The van der Waals surface area contributed by atoms with Crippen LogP contribution in [0.3, 0.4) is 0 Å². The van der Waals surface area contributed by atoms with Crippen molar-refractivity contribution in [3.05, 3.63) is 22.2 Å². The Kier molecular flexibility index (Phi) is 3.58. The van der Waals surface area contributed by atoms with Crippen LogP contribution in [0.15, 0.2) is 22.2 Å². The fraction of sp³-hybridized carbons (Fsp3) is 0.600. The number of carbonyl (C=O) groups is 2. The van der Waals surface area contributed by atoms with Crippen molar-refractivity contribution < 1.29 is 9.59 Å². The number of halogens is 6. The summed E-state index contributed by atoms with van der Waals surface area (Å²) >= 11 is 38.8. The van der Waals surface area contributed by atoms with E-state index in [1.807, 2.05) is 12.2 Å². The molecule has 0 aromatic heterocycles. The van der Waals surface area contributed by atoms with Crippen molar-refractivity contribution in [1.82, 2.24) is 0 Å². The van der Waals surface area contributed by atoms with Crippen molar-refractivity contribution in [3.8, 4) is 0 Å². The lowest BCUT2D eigenvalue weighted by atomic mass is 9.60. The van der Waals surface area contributed by atoms with Crippen molar-refractivity contribution in [2.24, 2.45) is 23.7 Å². The Morgan fingerprint density at radius 3 is 1.48 bits per heavy atom. The molecule has 4 aliphatic rings. The van der Waals surface area contributed by atoms with E-state index in [2.05, 4.69) is 0 Å². The van der Waals surface area contributed by atoms with Gasteiger partial charge < -0.3 is 0 Å². The van der Waals surface area contributed by atoms with E-state index in [0.29, 0.717) is 12.8 Å². The largest absolute Gasteiger partial charge is 0.299 e. The van der Waals surface area contributed by atoms with Gasteiger partial charge in [0.2, 0.25) is 0 Å². The number of alkyl halides is 4. The first-order chi connectivity index (χ1) is 10.6. The third-order valence-electron chi connectivity index (χ3n) is 5.71. The lowest BCUT2D eigenvalue weighted by Crippen LogP contribution is -2.55. The van der Waals surface area contributed by atoms with Gasteiger partial charge in [0.1, 0.15) is 21.3 Å². The standard InChI is InChI=1S/C15H10Cl6O2/c16-11-12(17)14(19)8-7(13(11,18)15(14,20)21)9(22)5-3-1-2-4-6(5)10(8)23/h1-2,5-8H,3-4H2. The summed E-state index contributed by atoms with van der Waals surface area (Å²) in [5.41, 5.74) is 0. The molecule has 0 aliphatic heterocycles. The van der Waals surface area contributed by atoms with Crippen molar-refractivity contribution in [2.45, 2.75) is 26.9 Å². The Balaban J connectivity index is 1.97. The minimum atomic E-state index is -1.85. The van der Waals surface area contributed by atoms with Gasteiger partial charge >= 0.3 is 0 Å². The molecule has 0 aromatic carbocycles. The maximum absolute atomic E-state index is 13.1. The molecule has 8 heteroatoms. The molecule has 2 nitrogen and oxygen atoms in total. The normalized spacial score (nSPS) is 50.3. The number of fused-ring (bicyclic) bond motifs is 6.